The summed E-state index contributed by atoms with van der Waals surface area (Å²) in [6.45, 7) is 10.9. The first kappa shape index (κ1) is 14.4. The van der Waals surface area contributed by atoms with Crippen molar-refractivity contribution in [3.05, 3.63) is 29.8 Å². The summed E-state index contributed by atoms with van der Waals surface area (Å²) >= 11 is 0. The number of benzene rings is 1. The van der Waals surface area contributed by atoms with Gasteiger partial charge in [-0.1, -0.05) is 19.1 Å². The molecule has 1 aliphatic heterocycles. The second-order valence-corrected chi connectivity index (χ2v) is 5.55. The van der Waals surface area contributed by atoms with Crippen LogP contribution in [0, 0.1) is 0 Å². The van der Waals surface area contributed by atoms with Crippen LogP contribution < -0.4 is 4.90 Å². The molecule has 1 heterocycles. The second kappa shape index (κ2) is 6.40. The number of hydrogen-bond acceptors (Lipinski definition) is 3. The van der Waals surface area contributed by atoms with Crippen LogP contribution in [0.15, 0.2) is 24.3 Å². The van der Waals surface area contributed by atoms with Gasteiger partial charge in [0.2, 0.25) is 0 Å². The highest BCUT2D eigenvalue weighted by Gasteiger charge is 2.20. The lowest BCUT2D eigenvalue weighted by Gasteiger charge is -2.39. The highest BCUT2D eigenvalue weighted by Crippen LogP contribution is 2.21. The molecule has 0 spiro atoms. The van der Waals surface area contributed by atoms with Crippen molar-refractivity contribution in [3.63, 3.8) is 0 Å². The normalized spacial score (nSPS) is 20.3. The number of aliphatic hydroxyl groups excluding tert-OH is 1. The first-order valence-electron chi connectivity index (χ1n) is 7.39. The molecule has 106 valence electrons. The van der Waals surface area contributed by atoms with E-state index in [1.807, 2.05) is 12.1 Å². The van der Waals surface area contributed by atoms with Gasteiger partial charge in [-0.2, -0.15) is 0 Å². The monoisotopic (exact) mass is 262 g/mol. The van der Waals surface area contributed by atoms with Crippen molar-refractivity contribution in [1.82, 2.24) is 4.90 Å². The van der Waals surface area contributed by atoms with Crippen LogP contribution in [0.4, 0.5) is 5.69 Å². The van der Waals surface area contributed by atoms with Gasteiger partial charge < -0.3 is 10.0 Å². The van der Waals surface area contributed by atoms with Gasteiger partial charge in [0, 0.05) is 37.9 Å². The Morgan fingerprint density at radius 2 is 1.63 bits per heavy atom. The molecular formula is C16H26N2O. The smallest absolute Gasteiger partial charge is 0.0761 e. The van der Waals surface area contributed by atoms with Crippen LogP contribution in [0.1, 0.15) is 38.9 Å². The standard InChI is InChI=1S/C16H26N2O/c1-4-13(2)17-9-11-18(12-10-17)16-7-5-15(6-8-16)14(3)19/h5-8,13-14,19H,4,9-12H2,1-3H3/t13?,14-/m0/s1. The van der Waals surface area contributed by atoms with Crippen molar-refractivity contribution in [3.8, 4) is 0 Å². The summed E-state index contributed by atoms with van der Waals surface area (Å²) in [7, 11) is 0. The molecule has 0 aliphatic carbocycles. The first-order chi connectivity index (χ1) is 9.11. The van der Waals surface area contributed by atoms with Crippen molar-refractivity contribution in [2.24, 2.45) is 0 Å². The number of nitrogens with zero attached hydrogens (tertiary/aromatic N) is 2. The van der Waals surface area contributed by atoms with Crippen molar-refractivity contribution in [2.75, 3.05) is 31.1 Å². The molecule has 2 atom stereocenters. The fourth-order valence-electron chi connectivity index (χ4n) is 2.64. The predicted molar refractivity (Wildman–Crippen MR) is 80.6 cm³/mol. The Morgan fingerprint density at radius 3 is 2.11 bits per heavy atom. The zero-order valence-corrected chi connectivity index (χ0v) is 12.3. The summed E-state index contributed by atoms with van der Waals surface area (Å²) in [4.78, 5) is 5.01. The molecule has 1 aromatic carbocycles. The quantitative estimate of drug-likeness (QED) is 0.903. The van der Waals surface area contributed by atoms with Gasteiger partial charge in [0.15, 0.2) is 0 Å². The number of rotatable bonds is 4. The van der Waals surface area contributed by atoms with Crippen LogP contribution in [0.25, 0.3) is 0 Å². The van der Waals surface area contributed by atoms with Gasteiger partial charge in [-0.25, -0.2) is 0 Å². The van der Waals surface area contributed by atoms with E-state index in [0.717, 1.165) is 31.7 Å². The van der Waals surface area contributed by atoms with Gasteiger partial charge in [0.25, 0.3) is 0 Å². The van der Waals surface area contributed by atoms with Crippen LogP contribution in [0.3, 0.4) is 0 Å². The van der Waals surface area contributed by atoms with E-state index in [4.69, 9.17) is 0 Å². The Balaban J connectivity index is 1.94. The van der Waals surface area contributed by atoms with Gasteiger partial charge in [-0.15, -0.1) is 0 Å². The maximum absolute atomic E-state index is 9.53. The average Bonchev–Trinajstić information content (AvgIpc) is 2.46. The number of anilines is 1. The Morgan fingerprint density at radius 1 is 1.05 bits per heavy atom. The summed E-state index contributed by atoms with van der Waals surface area (Å²) in [6.07, 6.45) is 0.847. The molecule has 2 rings (SSSR count). The highest BCUT2D eigenvalue weighted by atomic mass is 16.3. The molecule has 0 aromatic heterocycles. The molecule has 0 bridgehead atoms. The van der Waals surface area contributed by atoms with Crippen molar-refractivity contribution >= 4 is 5.69 Å². The van der Waals surface area contributed by atoms with Gasteiger partial charge in [0.05, 0.1) is 6.10 Å². The number of piperazine rings is 1. The molecule has 3 heteroatoms. The lowest BCUT2D eigenvalue weighted by Crippen LogP contribution is -2.49. The Kier molecular flexibility index (Phi) is 4.83. The summed E-state index contributed by atoms with van der Waals surface area (Å²) < 4.78 is 0. The zero-order chi connectivity index (χ0) is 13.8. The number of aliphatic hydroxyl groups is 1. The van der Waals surface area contributed by atoms with Crippen LogP contribution in [-0.4, -0.2) is 42.2 Å². The Hall–Kier alpha value is -1.06. The topological polar surface area (TPSA) is 26.7 Å². The summed E-state index contributed by atoms with van der Waals surface area (Å²) in [5.74, 6) is 0. The van der Waals surface area contributed by atoms with Crippen molar-refractivity contribution in [1.29, 1.82) is 0 Å². The zero-order valence-electron chi connectivity index (χ0n) is 12.3. The fourth-order valence-corrected chi connectivity index (χ4v) is 2.64. The van der Waals surface area contributed by atoms with E-state index in [1.54, 1.807) is 6.92 Å². The lowest BCUT2D eigenvalue weighted by molar-refractivity contribution is 0.192. The average molecular weight is 262 g/mol. The largest absolute Gasteiger partial charge is 0.389 e. The first-order valence-corrected chi connectivity index (χ1v) is 7.39. The number of hydrogen-bond donors (Lipinski definition) is 1. The van der Waals surface area contributed by atoms with E-state index in [1.165, 1.54) is 12.1 Å². The maximum atomic E-state index is 9.53. The van der Waals surface area contributed by atoms with Crippen molar-refractivity contribution in [2.45, 2.75) is 39.3 Å². The third-order valence-corrected chi connectivity index (χ3v) is 4.27. The van der Waals surface area contributed by atoms with Gasteiger partial charge in [0.1, 0.15) is 0 Å². The molecule has 1 N–H and O–H groups in total. The minimum Gasteiger partial charge on any atom is -0.389 e. The molecule has 3 nitrogen and oxygen atoms in total. The van der Waals surface area contributed by atoms with Crippen LogP contribution in [0.5, 0.6) is 0 Å². The lowest BCUT2D eigenvalue weighted by atomic mass is 10.1. The van der Waals surface area contributed by atoms with Crippen LogP contribution >= 0.6 is 0 Å². The molecule has 1 unspecified atom stereocenters. The van der Waals surface area contributed by atoms with Crippen LogP contribution in [0.2, 0.25) is 0 Å². The molecular weight excluding hydrogens is 236 g/mol. The van der Waals surface area contributed by atoms with Crippen molar-refractivity contribution < 1.29 is 5.11 Å². The van der Waals surface area contributed by atoms with Gasteiger partial charge >= 0.3 is 0 Å². The summed E-state index contributed by atoms with van der Waals surface area (Å²) in [5.41, 5.74) is 2.26. The minimum atomic E-state index is -0.378. The molecule has 1 saturated heterocycles. The molecule has 0 radical (unpaired) electrons. The van der Waals surface area contributed by atoms with E-state index < -0.39 is 0 Å². The van der Waals surface area contributed by atoms with Gasteiger partial charge in [-0.3, -0.25) is 4.90 Å². The predicted octanol–water partition coefficient (Wildman–Crippen LogP) is 2.66. The SMILES string of the molecule is CCC(C)N1CCN(c2ccc([C@H](C)O)cc2)CC1. The third kappa shape index (κ3) is 3.48. The maximum Gasteiger partial charge on any atom is 0.0761 e. The molecule has 0 saturated carbocycles. The molecule has 1 fully saturated rings. The molecule has 0 amide bonds. The van der Waals surface area contributed by atoms with E-state index in [9.17, 15) is 5.11 Å². The Bertz CT molecular complexity index is 380. The Labute approximate surface area is 116 Å². The highest BCUT2D eigenvalue weighted by molar-refractivity contribution is 5.48. The fraction of sp³-hybridized carbons (Fsp3) is 0.625. The van der Waals surface area contributed by atoms with E-state index in [-0.39, 0.29) is 6.10 Å². The summed E-state index contributed by atoms with van der Waals surface area (Å²) in [6, 6.07) is 9.00. The minimum absolute atomic E-state index is 0.378. The van der Waals surface area contributed by atoms with E-state index in [0.29, 0.717) is 6.04 Å². The van der Waals surface area contributed by atoms with Gasteiger partial charge in [-0.05, 0) is 38.0 Å². The second-order valence-electron chi connectivity index (χ2n) is 5.55. The van der Waals surface area contributed by atoms with E-state index >= 15 is 0 Å². The third-order valence-electron chi connectivity index (χ3n) is 4.27. The van der Waals surface area contributed by atoms with E-state index in [2.05, 4.69) is 35.8 Å². The summed E-state index contributed by atoms with van der Waals surface area (Å²) in [5, 5.41) is 9.53. The van der Waals surface area contributed by atoms with Crippen LogP contribution in [-0.2, 0) is 0 Å². The molecule has 19 heavy (non-hydrogen) atoms. The molecule has 1 aromatic rings. The molecule has 1 aliphatic rings.